The predicted molar refractivity (Wildman–Crippen MR) is 45.1 cm³/mol. The molecule has 0 aromatic carbocycles. The molecule has 1 heterocycles. The molecule has 1 rings (SSSR count). The average molecular weight is 178 g/mol. The molecule has 0 aliphatic carbocycles. The Morgan fingerprint density at radius 3 is 3.09 bits per heavy atom. The van der Waals surface area contributed by atoms with E-state index in [2.05, 4.69) is 11.9 Å². The fraction of sp³-hybridized carbons (Fsp3) is 0.571. The fourth-order valence-electron chi connectivity index (χ4n) is 0.806. The highest BCUT2D eigenvalue weighted by atomic mass is 35.5. The highest BCUT2D eigenvalue weighted by Gasteiger charge is 2.12. The van der Waals surface area contributed by atoms with Gasteiger partial charge >= 0.3 is 0 Å². The van der Waals surface area contributed by atoms with Gasteiger partial charge < -0.3 is 10.1 Å². The Labute approximate surface area is 72.2 Å². The minimum Gasteiger partial charge on any atom is -0.372 e. The van der Waals surface area contributed by atoms with Gasteiger partial charge in [-0.2, -0.15) is 0 Å². The molecule has 0 spiro atoms. The Balaban J connectivity index is 0.000001000. The maximum Gasteiger partial charge on any atom is 0.172 e. The van der Waals surface area contributed by atoms with Gasteiger partial charge in [-0.15, -0.1) is 19.0 Å². The molecule has 0 aromatic heterocycles. The Morgan fingerprint density at radius 2 is 2.45 bits per heavy atom. The van der Waals surface area contributed by atoms with Crippen LogP contribution in [0.3, 0.4) is 0 Å². The monoisotopic (exact) mass is 177 g/mol. The quantitative estimate of drug-likeness (QED) is 0.580. The van der Waals surface area contributed by atoms with Gasteiger partial charge in [0.1, 0.15) is 6.61 Å². The zero-order valence-corrected chi connectivity index (χ0v) is 7.02. The van der Waals surface area contributed by atoms with Crippen molar-refractivity contribution < 1.29 is 9.53 Å². The summed E-state index contributed by atoms with van der Waals surface area (Å²) in [5, 5.41) is 2.99. The van der Waals surface area contributed by atoms with Crippen LogP contribution in [-0.4, -0.2) is 31.6 Å². The van der Waals surface area contributed by atoms with Gasteiger partial charge in [0.15, 0.2) is 5.78 Å². The van der Waals surface area contributed by atoms with Gasteiger partial charge in [0.2, 0.25) is 0 Å². The first-order chi connectivity index (χ1) is 4.83. The van der Waals surface area contributed by atoms with E-state index in [-0.39, 0.29) is 30.8 Å². The Kier molecular flexibility index (Phi) is 5.11. The van der Waals surface area contributed by atoms with Crippen LogP contribution >= 0.6 is 12.4 Å². The van der Waals surface area contributed by atoms with Crippen molar-refractivity contribution in [1.29, 1.82) is 0 Å². The van der Waals surface area contributed by atoms with Crippen LogP contribution < -0.4 is 5.32 Å². The maximum atomic E-state index is 10.7. The molecule has 0 bridgehead atoms. The van der Waals surface area contributed by atoms with E-state index in [0.717, 1.165) is 0 Å². The third-order valence-electron chi connectivity index (χ3n) is 1.41. The molecule has 3 nitrogen and oxygen atoms in total. The third kappa shape index (κ3) is 3.51. The molecule has 64 valence electrons. The normalized spacial score (nSPS) is 25.1. The smallest absolute Gasteiger partial charge is 0.172 e. The molecule has 1 fully saturated rings. The summed E-state index contributed by atoms with van der Waals surface area (Å²) >= 11 is 0. The first-order valence-corrected chi connectivity index (χ1v) is 3.28. The van der Waals surface area contributed by atoms with E-state index < -0.39 is 0 Å². The number of carbonyl (C=O) groups is 1. The maximum absolute atomic E-state index is 10.7. The van der Waals surface area contributed by atoms with Crippen molar-refractivity contribution in [3.8, 4) is 0 Å². The van der Waals surface area contributed by atoms with Crippen molar-refractivity contribution in [3.63, 3.8) is 0 Å². The molecule has 1 saturated heterocycles. The van der Waals surface area contributed by atoms with E-state index in [0.29, 0.717) is 13.2 Å². The number of nitrogens with one attached hydrogen (secondary N) is 1. The largest absolute Gasteiger partial charge is 0.372 e. The minimum atomic E-state index is 0. The average Bonchev–Trinajstić information content (AvgIpc) is 2.14. The van der Waals surface area contributed by atoms with E-state index in [9.17, 15) is 4.79 Å². The Morgan fingerprint density at radius 1 is 1.73 bits per heavy atom. The molecule has 0 aromatic rings. The molecule has 1 atom stereocenters. The zero-order chi connectivity index (χ0) is 7.40. The van der Waals surface area contributed by atoms with E-state index in [1.807, 2.05) is 0 Å². The van der Waals surface area contributed by atoms with Crippen LogP contribution in [0.1, 0.15) is 0 Å². The molecular weight excluding hydrogens is 166 g/mol. The Hall–Kier alpha value is -0.380. The number of hydrogen-bond acceptors (Lipinski definition) is 3. The molecule has 1 aliphatic heterocycles. The number of rotatable bonds is 1. The van der Waals surface area contributed by atoms with Crippen LogP contribution in [0.25, 0.3) is 0 Å². The molecule has 0 amide bonds. The second-order valence-corrected chi connectivity index (χ2v) is 2.28. The molecular formula is C7H12ClNO2. The van der Waals surface area contributed by atoms with Crippen molar-refractivity contribution in [1.82, 2.24) is 5.32 Å². The van der Waals surface area contributed by atoms with E-state index in [4.69, 9.17) is 4.74 Å². The van der Waals surface area contributed by atoms with Crippen LogP contribution in [-0.2, 0) is 9.53 Å². The minimum absolute atomic E-state index is 0. The van der Waals surface area contributed by atoms with Gasteiger partial charge in [-0.1, -0.05) is 6.08 Å². The van der Waals surface area contributed by atoms with Crippen molar-refractivity contribution in [3.05, 3.63) is 12.7 Å². The van der Waals surface area contributed by atoms with E-state index in [1.54, 1.807) is 6.08 Å². The predicted octanol–water partition coefficient (Wildman–Crippen LogP) is 0.152. The molecule has 4 heteroatoms. The molecule has 1 unspecified atom stereocenters. The number of hydrogen-bond donors (Lipinski definition) is 1. The lowest BCUT2D eigenvalue weighted by Gasteiger charge is -2.07. The highest BCUT2D eigenvalue weighted by molar-refractivity contribution is 5.85. The lowest BCUT2D eigenvalue weighted by molar-refractivity contribution is -0.121. The second kappa shape index (κ2) is 5.29. The van der Waals surface area contributed by atoms with Crippen molar-refractivity contribution >= 4 is 18.2 Å². The molecule has 1 aliphatic rings. The summed E-state index contributed by atoms with van der Waals surface area (Å²) in [7, 11) is 0. The van der Waals surface area contributed by atoms with Gasteiger partial charge in [0.05, 0.1) is 13.2 Å². The SMILES string of the molecule is C=CC1COCC(=O)CN1.Cl. The van der Waals surface area contributed by atoms with Gasteiger partial charge in [-0.3, -0.25) is 4.79 Å². The van der Waals surface area contributed by atoms with Crippen molar-refractivity contribution in [2.24, 2.45) is 0 Å². The Bertz CT molecular complexity index is 149. The molecule has 0 saturated carbocycles. The van der Waals surface area contributed by atoms with Crippen LogP contribution in [0.2, 0.25) is 0 Å². The van der Waals surface area contributed by atoms with Crippen LogP contribution in [0.4, 0.5) is 0 Å². The fourth-order valence-corrected chi connectivity index (χ4v) is 0.806. The lowest BCUT2D eigenvalue weighted by Crippen LogP contribution is -2.31. The molecule has 1 N–H and O–H groups in total. The summed E-state index contributed by atoms with van der Waals surface area (Å²) in [6, 6.07) is 0.131. The van der Waals surface area contributed by atoms with Gasteiger partial charge in [0, 0.05) is 6.04 Å². The summed E-state index contributed by atoms with van der Waals surface area (Å²) in [5.41, 5.74) is 0. The first-order valence-electron chi connectivity index (χ1n) is 3.28. The van der Waals surface area contributed by atoms with Crippen molar-refractivity contribution in [2.75, 3.05) is 19.8 Å². The number of halogens is 1. The van der Waals surface area contributed by atoms with Crippen LogP contribution in [0.15, 0.2) is 12.7 Å². The van der Waals surface area contributed by atoms with E-state index >= 15 is 0 Å². The zero-order valence-electron chi connectivity index (χ0n) is 6.21. The number of Topliss-reactive ketones (excluding diaryl/α,β-unsaturated/α-hetero) is 1. The number of ketones is 1. The number of ether oxygens (including phenoxy) is 1. The standard InChI is InChI=1S/C7H11NO2.ClH/c1-2-6-4-10-5-7(9)3-8-6;/h2,6,8H,1,3-5H2;1H. The highest BCUT2D eigenvalue weighted by Crippen LogP contribution is 1.92. The van der Waals surface area contributed by atoms with Gasteiger partial charge in [-0.05, 0) is 0 Å². The van der Waals surface area contributed by atoms with Crippen LogP contribution in [0.5, 0.6) is 0 Å². The van der Waals surface area contributed by atoms with Crippen LogP contribution in [0, 0.1) is 0 Å². The van der Waals surface area contributed by atoms with Crippen molar-refractivity contribution in [2.45, 2.75) is 6.04 Å². The van der Waals surface area contributed by atoms with E-state index in [1.165, 1.54) is 0 Å². The summed E-state index contributed by atoms with van der Waals surface area (Å²) in [4.78, 5) is 10.7. The summed E-state index contributed by atoms with van der Waals surface area (Å²) in [6.45, 7) is 4.78. The second-order valence-electron chi connectivity index (χ2n) is 2.28. The summed E-state index contributed by atoms with van der Waals surface area (Å²) < 4.78 is 5.03. The topological polar surface area (TPSA) is 38.3 Å². The molecule has 0 radical (unpaired) electrons. The first kappa shape index (κ1) is 10.6. The summed E-state index contributed by atoms with van der Waals surface area (Å²) in [5.74, 6) is 0.101. The lowest BCUT2D eigenvalue weighted by atomic mass is 10.3. The molecule has 11 heavy (non-hydrogen) atoms. The third-order valence-corrected chi connectivity index (χ3v) is 1.41. The van der Waals surface area contributed by atoms with Gasteiger partial charge in [-0.25, -0.2) is 0 Å². The summed E-state index contributed by atoms with van der Waals surface area (Å²) in [6.07, 6.45) is 1.75. The number of carbonyl (C=O) groups excluding carboxylic acids is 1. The van der Waals surface area contributed by atoms with Gasteiger partial charge in [0.25, 0.3) is 0 Å².